The zero-order valence-electron chi connectivity index (χ0n) is 20.5. The number of nitro groups is 2. The summed E-state index contributed by atoms with van der Waals surface area (Å²) in [6.45, 7) is 8.20. The largest absolute Gasteiger partial charge is 0.391 e. The Hall–Kier alpha value is -3.60. The van der Waals surface area contributed by atoms with Crippen molar-refractivity contribution in [2.75, 3.05) is 29.9 Å². The number of azo groups is 1. The first-order valence-corrected chi connectivity index (χ1v) is 12.0. The summed E-state index contributed by atoms with van der Waals surface area (Å²) in [6, 6.07) is 8.78. The molecule has 0 radical (unpaired) electrons. The summed E-state index contributed by atoms with van der Waals surface area (Å²) in [5, 5.41) is 44.2. The molecule has 0 saturated carbocycles. The number of nitrogens with one attached hydrogen (secondary N) is 1. The van der Waals surface area contributed by atoms with Crippen LogP contribution in [0.3, 0.4) is 0 Å². The molecule has 190 valence electrons. The SMILES string of the molecule is CCCCCCC(O)CNc1cc(N(CC)CC)ccc1/N=N/c1ccc([N+](=O)[O-])cc1[N+](=O)[O-]. The first kappa shape index (κ1) is 27.6. The Kier molecular flexibility index (Phi) is 11.0. The molecule has 2 rings (SSSR count). The van der Waals surface area contributed by atoms with Crippen molar-refractivity contribution in [2.24, 2.45) is 10.2 Å². The quantitative estimate of drug-likeness (QED) is 0.126. The third-order valence-electron chi connectivity index (χ3n) is 5.66. The summed E-state index contributed by atoms with van der Waals surface area (Å²) in [7, 11) is 0. The molecular weight excluding hydrogens is 452 g/mol. The normalized spacial score (nSPS) is 12.0. The van der Waals surface area contributed by atoms with Gasteiger partial charge in [-0.25, -0.2) is 0 Å². The van der Waals surface area contributed by atoms with E-state index >= 15 is 0 Å². The second kappa shape index (κ2) is 14.0. The maximum absolute atomic E-state index is 11.4. The van der Waals surface area contributed by atoms with Crippen LogP contribution in [0.25, 0.3) is 0 Å². The fourth-order valence-electron chi connectivity index (χ4n) is 3.64. The zero-order valence-corrected chi connectivity index (χ0v) is 20.5. The molecule has 0 fully saturated rings. The number of aliphatic hydroxyl groups excluding tert-OH is 1. The number of nitrogens with zero attached hydrogens (tertiary/aromatic N) is 5. The summed E-state index contributed by atoms with van der Waals surface area (Å²) in [4.78, 5) is 23.1. The van der Waals surface area contributed by atoms with E-state index in [1.807, 2.05) is 12.1 Å². The van der Waals surface area contributed by atoms with Crippen LogP contribution >= 0.6 is 0 Å². The molecule has 0 heterocycles. The average molecular weight is 487 g/mol. The van der Waals surface area contributed by atoms with Gasteiger partial charge in [-0.3, -0.25) is 20.2 Å². The van der Waals surface area contributed by atoms with Gasteiger partial charge in [-0.1, -0.05) is 32.6 Å². The minimum atomic E-state index is -0.723. The molecular formula is C24H34N6O5. The molecule has 2 N–H and O–H groups in total. The number of unbranched alkanes of at least 4 members (excludes halogenated alkanes) is 3. The summed E-state index contributed by atoms with van der Waals surface area (Å²) in [5.74, 6) is 0. The van der Waals surface area contributed by atoms with Crippen molar-refractivity contribution in [1.29, 1.82) is 0 Å². The Labute approximate surface area is 205 Å². The first-order valence-electron chi connectivity index (χ1n) is 12.0. The van der Waals surface area contributed by atoms with Crippen LogP contribution in [0.15, 0.2) is 46.6 Å². The van der Waals surface area contributed by atoms with Gasteiger partial charge in [0.25, 0.3) is 5.69 Å². The van der Waals surface area contributed by atoms with Gasteiger partial charge in [-0.2, -0.15) is 0 Å². The Bertz CT molecular complexity index is 1030. The predicted octanol–water partition coefficient (Wildman–Crippen LogP) is 6.51. The Morgan fingerprint density at radius 3 is 2.26 bits per heavy atom. The van der Waals surface area contributed by atoms with Gasteiger partial charge in [-0.15, -0.1) is 10.2 Å². The Morgan fingerprint density at radius 2 is 1.63 bits per heavy atom. The molecule has 11 heteroatoms. The second-order valence-electron chi connectivity index (χ2n) is 8.15. The lowest BCUT2D eigenvalue weighted by atomic mass is 10.1. The third-order valence-corrected chi connectivity index (χ3v) is 5.66. The van der Waals surface area contributed by atoms with Gasteiger partial charge < -0.3 is 15.3 Å². The van der Waals surface area contributed by atoms with Gasteiger partial charge in [0.15, 0.2) is 5.69 Å². The van der Waals surface area contributed by atoms with Crippen LogP contribution in [0.2, 0.25) is 0 Å². The number of non-ortho nitro benzene ring substituents is 1. The maximum atomic E-state index is 11.4. The number of hydrogen-bond donors (Lipinski definition) is 2. The highest BCUT2D eigenvalue weighted by molar-refractivity contribution is 5.72. The molecule has 1 atom stereocenters. The standard InChI is InChI=1S/C24H34N6O5/c1-4-7-8-9-10-20(31)17-25-23-15-18(28(5-2)6-3)11-13-21(23)26-27-22-14-12-19(29(32)33)16-24(22)30(34)35/h11-16,20,25,31H,4-10,17H2,1-3H3/b27-26+. The van der Waals surface area contributed by atoms with Crippen molar-refractivity contribution in [3.8, 4) is 0 Å². The molecule has 2 aromatic carbocycles. The van der Waals surface area contributed by atoms with Gasteiger partial charge in [0.05, 0.1) is 27.7 Å². The second-order valence-corrected chi connectivity index (χ2v) is 8.15. The minimum Gasteiger partial charge on any atom is -0.391 e. The Morgan fingerprint density at radius 1 is 0.943 bits per heavy atom. The van der Waals surface area contributed by atoms with E-state index in [1.165, 1.54) is 6.07 Å². The topological polar surface area (TPSA) is 146 Å². The predicted molar refractivity (Wildman–Crippen MR) is 137 cm³/mol. The maximum Gasteiger partial charge on any atom is 0.303 e. The zero-order chi connectivity index (χ0) is 25.8. The molecule has 0 aromatic heterocycles. The van der Waals surface area contributed by atoms with Crippen molar-refractivity contribution in [1.82, 2.24) is 0 Å². The lowest BCUT2D eigenvalue weighted by Crippen LogP contribution is -2.22. The van der Waals surface area contributed by atoms with Crippen LogP contribution in [-0.2, 0) is 0 Å². The van der Waals surface area contributed by atoms with Crippen LogP contribution in [-0.4, -0.2) is 40.7 Å². The number of nitro benzene ring substituents is 2. The lowest BCUT2D eigenvalue weighted by Gasteiger charge is -2.22. The number of anilines is 2. The molecule has 11 nitrogen and oxygen atoms in total. The van der Waals surface area contributed by atoms with E-state index in [-0.39, 0.29) is 5.69 Å². The van der Waals surface area contributed by atoms with Crippen molar-refractivity contribution >= 4 is 34.1 Å². The number of hydrogen-bond acceptors (Lipinski definition) is 9. The van der Waals surface area contributed by atoms with E-state index in [0.29, 0.717) is 24.3 Å². The van der Waals surface area contributed by atoms with E-state index in [4.69, 9.17) is 0 Å². The van der Waals surface area contributed by atoms with Crippen molar-refractivity contribution in [3.63, 3.8) is 0 Å². The monoisotopic (exact) mass is 486 g/mol. The number of benzene rings is 2. The summed E-state index contributed by atoms with van der Waals surface area (Å²) >= 11 is 0. The van der Waals surface area contributed by atoms with Crippen molar-refractivity contribution in [2.45, 2.75) is 59.0 Å². The van der Waals surface area contributed by atoms with Crippen molar-refractivity contribution < 1.29 is 15.0 Å². The van der Waals surface area contributed by atoms with Gasteiger partial charge in [0.2, 0.25) is 0 Å². The van der Waals surface area contributed by atoms with Gasteiger partial charge in [0.1, 0.15) is 5.69 Å². The van der Waals surface area contributed by atoms with Crippen LogP contribution in [0.5, 0.6) is 0 Å². The van der Waals surface area contributed by atoms with Gasteiger partial charge in [-0.05, 0) is 44.5 Å². The number of rotatable bonds is 15. The minimum absolute atomic E-state index is 0.0877. The third kappa shape index (κ3) is 8.29. The smallest absolute Gasteiger partial charge is 0.303 e. The summed E-state index contributed by atoms with van der Waals surface area (Å²) in [5.41, 5.74) is 1.06. The summed E-state index contributed by atoms with van der Waals surface area (Å²) < 4.78 is 0. The van der Waals surface area contributed by atoms with E-state index in [9.17, 15) is 25.3 Å². The highest BCUT2D eigenvalue weighted by atomic mass is 16.6. The molecule has 2 aromatic rings. The average Bonchev–Trinajstić information content (AvgIpc) is 2.85. The van der Waals surface area contributed by atoms with Crippen LogP contribution in [0, 0.1) is 20.2 Å². The van der Waals surface area contributed by atoms with Crippen LogP contribution in [0.1, 0.15) is 52.9 Å². The van der Waals surface area contributed by atoms with E-state index < -0.39 is 27.3 Å². The van der Waals surface area contributed by atoms with E-state index in [1.54, 1.807) is 6.07 Å². The van der Waals surface area contributed by atoms with Crippen LogP contribution < -0.4 is 10.2 Å². The molecule has 0 saturated heterocycles. The molecule has 35 heavy (non-hydrogen) atoms. The first-order chi connectivity index (χ1) is 16.8. The van der Waals surface area contributed by atoms with E-state index in [0.717, 1.165) is 56.6 Å². The molecule has 0 amide bonds. The fraction of sp³-hybridized carbons (Fsp3) is 0.500. The fourth-order valence-corrected chi connectivity index (χ4v) is 3.64. The van der Waals surface area contributed by atoms with Gasteiger partial charge >= 0.3 is 5.69 Å². The van der Waals surface area contributed by atoms with Gasteiger partial charge in [0, 0.05) is 31.4 Å². The highest BCUT2D eigenvalue weighted by Crippen LogP contribution is 2.35. The molecule has 0 spiro atoms. The molecule has 1 unspecified atom stereocenters. The lowest BCUT2D eigenvalue weighted by molar-refractivity contribution is -0.393. The van der Waals surface area contributed by atoms with Crippen LogP contribution in [0.4, 0.5) is 34.1 Å². The highest BCUT2D eigenvalue weighted by Gasteiger charge is 2.19. The number of aliphatic hydroxyl groups is 1. The Balaban J connectivity index is 2.31. The molecule has 0 aliphatic carbocycles. The molecule has 0 aliphatic rings. The van der Waals surface area contributed by atoms with Crippen molar-refractivity contribution in [3.05, 3.63) is 56.6 Å². The summed E-state index contributed by atoms with van der Waals surface area (Å²) in [6.07, 6.45) is 4.48. The molecule has 0 aliphatic heterocycles. The van der Waals surface area contributed by atoms with E-state index in [2.05, 4.69) is 41.2 Å². The molecule has 0 bridgehead atoms.